The van der Waals surface area contributed by atoms with Crippen molar-refractivity contribution in [1.82, 2.24) is 4.98 Å². The Morgan fingerprint density at radius 2 is 1.64 bits per heavy atom. The van der Waals surface area contributed by atoms with Crippen molar-refractivity contribution >= 4 is 20.7 Å². The maximum Gasteiger partial charge on any atom is 0.221 e. The first-order chi connectivity index (χ1) is 10.6. The van der Waals surface area contributed by atoms with Crippen molar-refractivity contribution in [2.45, 2.75) is 9.92 Å². The summed E-state index contributed by atoms with van der Waals surface area (Å²) in [5.74, 6) is 0.859. The van der Waals surface area contributed by atoms with Crippen molar-refractivity contribution in [3.05, 3.63) is 48.5 Å². The molecule has 0 saturated carbocycles. The number of benzene rings is 2. The van der Waals surface area contributed by atoms with E-state index in [1.807, 2.05) is 24.3 Å². The summed E-state index contributed by atoms with van der Waals surface area (Å²) >= 11 is 0. The Morgan fingerprint density at radius 3 is 2.32 bits per heavy atom. The summed E-state index contributed by atoms with van der Waals surface area (Å²) in [5.41, 5.74) is 0.779. The van der Waals surface area contributed by atoms with Gasteiger partial charge in [0, 0.05) is 17.0 Å². The third-order valence-corrected chi connectivity index (χ3v) is 5.13. The number of methoxy groups -OCH3 is 2. The van der Waals surface area contributed by atoms with Crippen LogP contribution >= 0.6 is 0 Å². The number of aromatic amines is 1. The van der Waals surface area contributed by atoms with E-state index in [9.17, 15) is 8.42 Å². The fourth-order valence-electron chi connectivity index (χ4n) is 2.30. The number of fused-ring (bicyclic) bond motifs is 1. The minimum Gasteiger partial charge on any atom is -0.493 e. The summed E-state index contributed by atoms with van der Waals surface area (Å²) in [4.78, 5) is 3.09. The number of para-hydroxylation sites is 1. The molecule has 0 fully saturated rings. The van der Waals surface area contributed by atoms with Crippen LogP contribution in [0.2, 0.25) is 0 Å². The second-order valence-electron chi connectivity index (χ2n) is 4.74. The molecule has 0 saturated heterocycles. The maximum atomic E-state index is 12.7. The molecular weight excluding hydrogens is 302 g/mol. The molecule has 0 aliphatic heterocycles. The molecule has 114 valence electrons. The molecule has 0 amide bonds. The summed E-state index contributed by atoms with van der Waals surface area (Å²) < 4.78 is 35.8. The zero-order valence-electron chi connectivity index (χ0n) is 12.2. The van der Waals surface area contributed by atoms with E-state index >= 15 is 0 Å². The number of aromatic nitrogens is 1. The highest BCUT2D eigenvalue weighted by Crippen LogP contribution is 2.32. The summed E-state index contributed by atoms with van der Waals surface area (Å²) in [6.45, 7) is 0. The van der Waals surface area contributed by atoms with Crippen LogP contribution in [-0.4, -0.2) is 27.6 Å². The van der Waals surface area contributed by atoms with Gasteiger partial charge in [-0.25, -0.2) is 8.42 Å². The molecule has 3 rings (SSSR count). The lowest BCUT2D eigenvalue weighted by molar-refractivity contribution is 0.354. The molecule has 6 heteroatoms. The average molecular weight is 317 g/mol. The first kappa shape index (κ1) is 14.5. The number of sulfone groups is 1. The van der Waals surface area contributed by atoms with Gasteiger partial charge in [0.1, 0.15) is 5.03 Å². The third-order valence-electron chi connectivity index (χ3n) is 3.46. The predicted octanol–water partition coefficient (Wildman–Crippen LogP) is 3.02. The van der Waals surface area contributed by atoms with E-state index in [-0.39, 0.29) is 9.92 Å². The van der Waals surface area contributed by atoms with Crippen LogP contribution in [0.25, 0.3) is 10.9 Å². The van der Waals surface area contributed by atoms with E-state index in [1.54, 1.807) is 12.1 Å². The second-order valence-corrected chi connectivity index (χ2v) is 6.66. The van der Waals surface area contributed by atoms with E-state index in [2.05, 4.69) is 4.98 Å². The van der Waals surface area contributed by atoms with Gasteiger partial charge in [-0.05, 0) is 24.3 Å². The predicted molar refractivity (Wildman–Crippen MR) is 83.3 cm³/mol. The van der Waals surface area contributed by atoms with Gasteiger partial charge in [0.15, 0.2) is 11.5 Å². The Hall–Kier alpha value is -2.47. The van der Waals surface area contributed by atoms with Crippen molar-refractivity contribution in [2.24, 2.45) is 0 Å². The van der Waals surface area contributed by atoms with E-state index in [0.29, 0.717) is 11.5 Å². The van der Waals surface area contributed by atoms with Gasteiger partial charge in [0.2, 0.25) is 9.84 Å². The molecule has 5 nitrogen and oxygen atoms in total. The van der Waals surface area contributed by atoms with Gasteiger partial charge in [-0.3, -0.25) is 0 Å². The quantitative estimate of drug-likeness (QED) is 0.803. The average Bonchev–Trinajstić information content (AvgIpc) is 2.99. The molecule has 0 radical (unpaired) electrons. The van der Waals surface area contributed by atoms with Crippen LogP contribution in [0.1, 0.15) is 0 Å². The smallest absolute Gasteiger partial charge is 0.221 e. The highest BCUT2D eigenvalue weighted by atomic mass is 32.2. The molecule has 1 aromatic heterocycles. The highest BCUT2D eigenvalue weighted by molar-refractivity contribution is 7.91. The second kappa shape index (κ2) is 5.38. The molecule has 0 unspecified atom stereocenters. The molecule has 0 atom stereocenters. The monoisotopic (exact) mass is 317 g/mol. The van der Waals surface area contributed by atoms with Crippen LogP contribution in [0.3, 0.4) is 0 Å². The fourth-order valence-corrected chi connectivity index (χ4v) is 3.59. The largest absolute Gasteiger partial charge is 0.493 e. The lowest BCUT2D eigenvalue weighted by Crippen LogP contribution is -2.03. The summed E-state index contributed by atoms with van der Waals surface area (Å²) in [5, 5.41) is 1.00. The van der Waals surface area contributed by atoms with E-state index in [4.69, 9.17) is 9.47 Å². The van der Waals surface area contributed by atoms with E-state index < -0.39 is 9.84 Å². The summed E-state index contributed by atoms with van der Waals surface area (Å²) in [7, 11) is -0.676. The maximum absolute atomic E-state index is 12.7. The Morgan fingerprint density at radius 1 is 0.909 bits per heavy atom. The normalized spacial score (nSPS) is 11.5. The molecule has 1 N–H and O–H groups in total. The SMILES string of the molecule is COc1ccc(S(=O)(=O)c2cc3ccccc3[nH]2)cc1OC. The lowest BCUT2D eigenvalue weighted by Gasteiger charge is -2.09. The third kappa shape index (κ3) is 2.31. The zero-order chi connectivity index (χ0) is 15.7. The standard InChI is InChI=1S/C16H15NO4S/c1-20-14-8-7-12(10-15(14)21-2)22(18,19)16-9-11-5-3-4-6-13(11)17-16/h3-10,17H,1-2H3. The fraction of sp³-hybridized carbons (Fsp3) is 0.125. The van der Waals surface area contributed by atoms with Crippen LogP contribution in [0.5, 0.6) is 11.5 Å². The van der Waals surface area contributed by atoms with Gasteiger partial charge >= 0.3 is 0 Å². The van der Waals surface area contributed by atoms with Gasteiger partial charge in [0.25, 0.3) is 0 Å². The van der Waals surface area contributed by atoms with Gasteiger partial charge in [-0.1, -0.05) is 18.2 Å². The molecule has 0 aliphatic carbocycles. The topological polar surface area (TPSA) is 68.4 Å². The first-order valence-corrected chi connectivity index (χ1v) is 8.09. The van der Waals surface area contributed by atoms with E-state index in [0.717, 1.165) is 10.9 Å². The minimum absolute atomic E-state index is 0.150. The van der Waals surface area contributed by atoms with Crippen LogP contribution in [0, 0.1) is 0 Å². The number of ether oxygens (including phenoxy) is 2. The number of hydrogen-bond donors (Lipinski definition) is 1. The van der Waals surface area contributed by atoms with Crippen molar-refractivity contribution in [2.75, 3.05) is 14.2 Å². The number of hydrogen-bond acceptors (Lipinski definition) is 4. The van der Waals surface area contributed by atoms with Crippen molar-refractivity contribution in [3.8, 4) is 11.5 Å². The molecule has 2 aromatic carbocycles. The molecule has 0 spiro atoms. The Kier molecular flexibility index (Phi) is 3.54. The molecule has 0 bridgehead atoms. The summed E-state index contributed by atoms with van der Waals surface area (Å²) in [6.07, 6.45) is 0. The van der Waals surface area contributed by atoms with Gasteiger partial charge < -0.3 is 14.5 Å². The molecule has 1 heterocycles. The number of rotatable bonds is 4. The Balaban J connectivity index is 2.13. The van der Waals surface area contributed by atoms with Crippen LogP contribution in [0.4, 0.5) is 0 Å². The lowest BCUT2D eigenvalue weighted by atomic mass is 10.3. The Labute approximate surface area is 128 Å². The van der Waals surface area contributed by atoms with E-state index in [1.165, 1.54) is 26.4 Å². The summed E-state index contributed by atoms with van der Waals surface area (Å²) in [6, 6.07) is 13.6. The highest BCUT2D eigenvalue weighted by Gasteiger charge is 2.21. The number of nitrogens with one attached hydrogen (secondary N) is 1. The van der Waals surface area contributed by atoms with Gasteiger partial charge in [-0.15, -0.1) is 0 Å². The number of H-pyrrole nitrogens is 1. The van der Waals surface area contributed by atoms with Crippen molar-refractivity contribution in [3.63, 3.8) is 0 Å². The van der Waals surface area contributed by atoms with Gasteiger partial charge in [-0.2, -0.15) is 0 Å². The molecule has 22 heavy (non-hydrogen) atoms. The zero-order valence-corrected chi connectivity index (χ0v) is 13.0. The van der Waals surface area contributed by atoms with Crippen LogP contribution < -0.4 is 9.47 Å². The van der Waals surface area contributed by atoms with Crippen LogP contribution in [0.15, 0.2) is 58.5 Å². The first-order valence-electron chi connectivity index (χ1n) is 6.61. The Bertz CT molecular complexity index is 895. The molecule has 3 aromatic rings. The minimum atomic E-state index is -3.65. The molecular formula is C16H15NO4S. The van der Waals surface area contributed by atoms with Gasteiger partial charge in [0.05, 0.1) is 19.1 Å². The molecule has 0 aliphatic rings. The van der Waals surface area contributed by atoms with Crippen molar-refractivity contribution < 1.29 is 17.9 Å². The van der Waals surface area contributed by atoms with Crippen molar-refractivity contribution in [1.29, 1.82) is 0 Å². The van der Waals surface area contributed by atoms with Crippen LogP contribution in [-0.2, 0) is 9.84 Å².